The third-order valence-corrected chi connectivity index (χ3v) is 2.86. The zero-order valence-electron chi connectivity index (χ0n) is 8.94. The molecule has 84 valence electrons. The van der Waals surface area contributed by atoms with Gasteiger partial charge in [-0.2, -0.15) is 10.4 Å². The van der Waals surface area contributed by atoms with Gasteiger partial charge in [0.05, 0.1) is 11.4 Å². The maximum absolute atomic E-state index is 12.9. The summed E-state index contributed by atoms with van der Waals surface area (Å²) in [5.41, 5.74) is 3.13. The van der Waals surface area contributed by atoms with Gasteiger partial charge in [-0.1, -0.05) is 0 Å². The summed E-state index contributed by atoms with van der Waals surface area (Å²) < 4.78 is 14.6. The van der Waals surface area contributed by atoms with Gasteiger partial charge in [0, 0.05) is 18.7 Å². The molecule has 3 rings (SSSR count). The van der Waals surface area contributed by atoms with Gasteiger partial charge in [-0.05, 0) is 24.3 Å². The zero-order chi connectivity index (χ0) is 11.8. The predicted molar refractivity (Wildman–Crippen MR) is 58.8 cm³/mol. The summed E-state index contributed by atoms with van der Waals surface area (Å²) in [6, 6.07) is 8.17. The molecular weight excluding hydrogens is 219 g/mol. The van der Waals surface area contributed by atoms with E-state index in [4.69, 9.17) is 5.26 Å². The Hall–Kier alpha value is -2.19. The molecule has 1 aromatic carbocycles. The molecule has 0 bridgehead atoms. The quantitative estimate of drug-likeness (QED) is 0.804. The zero-order valence-corrected chi connectivity index (χ0v) is 8.94. The number of nitriles is 1. The van der Waals surface area contributed by atoms with E-state index in [0.29, 0.717) is 18.8 Å². The van der Waals surface area contributed by atoms with Crippen LogP contribution in [0.2, 0.25) is 0 Å². The Bertz CT molecular complexity index is 607. The molecule has 5 heteroatoms. The molecule has 1 aliphatic rings. The third-order valence-electron chi connectivity index (χ3n) is 2.86. The van der Waals surface area contributed by atoms with Crippen LogP contribution in [-0.4, -0.2) is 9.78 Å². The van der Waals surface area contributed by atoms with Crippen LogP contribution in [0.25, 0.3) is 5.69 Å². The highest BCUT2D eigenvalue weighted by molar-refractivity contribution is 5.43. The summed E-state index contributed by atoms with van der Waals surface area (Å²) in [5, 5.41) is 16.4. The molecule has 0 saturated heterocycles. The van der Waals surface area contributed by atoms with Crippen molar-refractivity contribution < 1.29 is 4.39 Å². The minimum absolute atomic E-state index is 0.281. The van der Waals surface area contributed by atoms with Gasteiger partial charge in [0.2, 0.25) is 0 Å². The summed E-state index contributed by atoms with van der Waals surface area (Å²) in [4.78, 5) is 0. The minimum atomic E-state index is -0.281. The number of aromatic nitrogens is 2. The van der Waals surface area contributed by atoms with Crippen molar-refractivity contribution in [3.05, 3.63) is 47.0 Å². The summed E-state index contributed by atoms with van der Waals surface area (Å²) in [7, 11) is 0. The van der Waals surface area contributed by atoms with Crippen molar-refractivity contribution in [2.24, 2.45) is 0 Å². The lowest BCUT2D eigenvalue weighted by Crippen LogP contribution is -2.08. The van der Waals surface area contributed by atoms with Crippen molar-refractivity contribution in [1.29, 1.82) is 5.26 Å². The topological polar surface area (TPSA) is 53.6 Å². The van der Waals surface area contributed by atoms with E-state index in [9.17, 15) is 4.39 Å². The van der Waals surface area contributed by atoms with E-state index in [1.165, 1.54) is 12.1 Å². The van der Waals surface area contributed by atoms with Crippen molar-refractivity contribution in [3.63, 3.8) is 0 Å². The second kappa shape index (κ2) is 3.68. The first-order chi connectivity index (χ1) is 8.29. The largest absolute Gasteiger partial charge is 0.307 e. The highest BCUT2D eigenvalue weighted by atomic mass is 19.1. The number of nitrogens with zero attached hydrogens (tertiary/aromatic N) is 3. The Morgan fingerprint density at radius 2 is 2.06 bits per heavy atom. The van der Waals surface area contributed by atoms with Crippen LogP contribution in [0.3, 0.4) is 0 Å². The summed E-state index contributed by atoms with van der Waals surface area (Å²) in [6.07, 6.45) is 0. The first-order valence-corrected chi connectivity index (χ1v) is 5.27. The highest BCUT2D eigenvalue weighted by Crippen LogP contribution is 2.22. The number of hydrogen-bond donors (Lipinski definition) is 1. The van der Waals surface area contributed by atoms with Gasteiger partial charge in [0.15, 0.2) is 5.69 Å². The van der Waals surface area contributed by atoms with Gasteiger partial charge in [0.25, 0.3) is 0 Å². The Balaban J connectivity index is 2.16. The van der Waals surface area contributed by atoms with E-state index >= 15 is 0 Å². The van der Waals surface area contributed by atoms with E-state index < -0.39 is 0 Å². The van der Waals surface area contributed by atoms with Gasteiger partial charge in [-0.15, -0.1) is 0 Å². The standard InChI is InChI=1S/C12H9FN4/c13-8-1-3-9(4-2-8)17-12-7-15-6-10(12)11(5-14)16-17/h1-4,15H,6-7H2. The van der Waals surface area contributed by atoms with Crippen molar-refractivity contribution in [3.8, 4) is 11.8 Å². The predicted octanol–water partition coefficient (Wildman–Crippen LogP) is 1.49. The number of benzene rings is 1. The molecule has 0 saturated carbocycles. The van der Waals surface area contributed by atoms with Gasteiger partial charge in [-0.25, -0.2) is 9.07 Å². The normalized spacial score (nSPS) is 13.4. The Morgan fingerprint density at radius 3 is 2.76 bits per heavy atom. The Kier molecular flexibility index (Phi) is 2.16. The molecule has 0 spiro atoms. The lowest BCUT2D eigenvalue weighted by molar-refractivity contribution is 0.626. The molecule has 0 fully saturated rings. The molecule has 17 heavy (non-hydrogen) atoms. The first-order valence-electron chi connectivity index (χ1n) is 5.27. The Labute approximate surface area is 97.3 Å². The van der Waals surface area contributed by atoms with E-state index in [1.807, 2.05) is 0 Å². The lowest BCUT2D eigenvalue weighted by Gasteiger charge is -2.04. The lowest BCUT2D eigenvalue weighted by atomic mass is 10.2. The van der Waals surface area contributed by atoms with Crippen LogP contribution < -0.4 is 5.32 Å². The Morgan fingerprint density at radius 1 is 1.29 bits per heavy atom. The van der Waals surface area contributed by atoms with Crippen LogP contribution >= 0.6 is 0 Å². The molecule has 0 aliphatic carbocycles. The van der Waals surface area contributed by atoms with Crippen LogP contribution in [0, 0.1) is 17.1 Å². The molecular formula is C12H9FN4. The van der Waals surface area contributed by atoms with E-state index in [2.05, 4.69) is 16.5 Å². The summed E-state index contributed by atoms with van der Waals surface area (Å²) in [6.45, 7) is 1.35. The van der Waals surface area contributed by atoms with Crippen molar-refractivity contribution in [2.75, 3.05) is 0 Å². The van der Waals surface area contributed by atoms with Crippen LogP contribution in [0.5, 0.6) is 0 Å². The second-order valence-electron chi connectivity index (χ2n) is 3.88. The average molecular weight is 228 g/mol. The molecule has 1 N–H and O–H groups in total. The second-order valence-corrected chi connectivity index (χ2v) is 3.88. The first kappa shape index (κ1) is 10.00. The van der Waals surface area contributed by atoms with E-state index in [1.54, 1.807) is 16.8 Å². The molecule has 0 amide bonds. The van der Waals surface area contributed by atoms with Crippen LogP contribution in [-0.2, 0) is 13.1 Å². The number of halogens is 1. The molecule has 1 aliphatic heterocycles. The van der Waals surface area contributed by atoms with Crippen LogP contribution in [0.4, 0.5) is 4.39 Å². The summed E-state index contributed by atoms with van der Waals surface area (Å²) in [5.74, 6) is -0.281. The number of nitrogens with one attached hydrogen (secondary N) is 1. The van der Waals surface area contributed by atoms with Crippen LogP contribution in [0.15, 0.2) is 24.3 Å². The maximum atomic E-state index is 12.9. The fourth-order valence-corrected chi connectivity index (χ4v) is 2.04. The van der Waals surface area contributed by atoms with Gasteiger partial charge >= 0.3 is 0 Å². The molecule has 2 heterocycles. The van der Waals surface area contributed by atoms with Crippen molar-refractivity contribution in [1.82, 2.24) is 15.1 Å². The van der Waals surface area contributed by atoms with Gasteiger partial charge in [-0.3, -0.25) is 0 Å². The summed E-state index contributed by atoms with van der Waals surface area (Å²) >= 11 is 0. The van der Waals surface area contributed by atoms with E-state index in [-0.39, 0.29) is 5.82 Å². The van der Waals surface area contributed by atoms with Gasteiger partial charge in [0.1, 0.15) is 11.9 Å². The fourth-order valence-electron chi connectivity index (χ4n) is 2.04. The SMILES string of the molecule is N#Cc1nn(-c2ccc(F)cc2)c2c1CNC2. The smallest absolute Gasteiger partial charge is 0.167 e. The number of fused-ring (bicyclic) bond motifs is 1. The number of rotatable bonds is 1. The van der Waals surface area contributed by atoms with Crippen molar-refractivity contribution >= 4 is 0 Å². The monoisotopic (exact) mass is 228 g/mol. The minimum Gasteiger partial charge on any atom is -0.307 e. The van der Waals surface area contributed by atoms with Gasteiger partial charge < -0.3 is 5.32 Å². The molecule has 1 aromatic heterocycles. The molecule has 0 unspecified atom stereocenters. The molecule has 4 nitrogen and oxygen atoms in total. The third kappa shape index (κ3) is 1.50. The maximum Gasteiger partial charge on any atom is 0.167 e. The molecule has 0 radical (unpaired) electrons. The van der Waals surface area contributed by atoms with E-state index in [0.717, 1.165) is 16.9 Å². The van der Waals surface area contributed by atoms with Crippen molar-refractivity contribution in [2.45, 2.75) is 13.1 Å². The van der Waals surface area contributed by atoms with Crippen LogP contribution in [0.1, 0.15) is 17.0 Å². The molecule has 0 atom stereocenters. The average Bonchev–Trinajstić information content (AvgIpc) is 2.91. The number of hydrogen-bond acceptors (Lipinski definition) is 3. The molecule has 2 aromatic rings. The fraction of sp³-hybridized carbons (Fsp3) is 0.167. The highest BCUT2D eigenvalue weighted by Gasteiger charge is 2.22.